The van der Waals surface area contributed by atoms with Crippen molar-refractivity contribution < 1.29 is 4.74 Å². The number of hydrogen-bond donors (Lipinski definition) is 1. The maximum Gasteiger partial charge on any atom is 0.0755 e. The number of rotatable bonds is 9. The Balaban J connectivity index is 1.89. The smallest absolute Gasteiger partial charge is 0.0755 e. The van der Waals surface area contributed by atoms with E-state index < -0.39 is 0 Å². The highest BCUT2D eigenvalue weighted by atomic mass is 16.5. The zero-order chi connectivity index (χ0) is 13.5. The Labute approximate surface area is 119 Å². The zero-order valence-corrected chi connectivity index (χ0v) is 13.0. The lowest BCUT2D eigenvalue weighted by Gasteiger charge is -2.36. The van der Waals surface area contributed by atoms with E-state index in [1.54, 1.807) is 0 Å². The van der Waals surface area contributed by atoms with Gasteiger partial charge in [-0.05, 0) is 51.0 Å². The number of hydrogen-bond acceptors (Lipinski definition) is 2. The molecule has 2 aliphatic carbocycles. The van der Waals surface area contributed by atoms with Crippen LogP contribution in [0, 0.1) is 11.8 Å². The highest BCUT2D eigenvalue weighted by molar-refractivity contribution is 4.86. The summed E-state index contributed by atoms with van der Waals surface area (Å²) >= 11 is 0. The Hall–Kier alpha value is -0.0800. The first kappa shape index (κ1) is 15.3. The molecule has 2 rings (SSSR count). The normalized spacial score (nSPS) is 24.3. The molecule has 112 valence electrons. The van der Waals surface area contributed by atoms with Crippen LogP contribution in [-0.4, -0.2) is 25.3 Å². The standard InChI is InChI=1S/C17H33NO/c1-3-18-16(13-12-14-10-11-14)17(19-4-2)15-8-6-5-7-9-15/h14-18H,3-13H2,1-2H3. The van der Waals surface area contributed by atoms with Gasteiger partial charge in [-0.15, -0.1) is 0 Å². The van der Waals surface area contributed by atoms with Gasteiger partial charge in [0.2, 0.25) is 0 Å². The second kappa shape index (κ2) is 8.26. The molecule has 0 aromatic rings. The van der Waals surface area contributed by atoms with E-state index in [0.29, 0.717) is 12.1 Å². The average molecular weight is 267 g/mol. The van der Waals surface area contributed by atoms with Gasteiger partial charge in [0.25, 0.3) is 0 Å². The molecule has 0 heterocycles. The molecular formula is C17H33NO. The van der Waals surface area contributed by atoms with Crippen LogP contribution in [-0.2, 0) is 4.74 Å². The lowest BCUT2D eigenvalue weighted by molar-refractivity contribution is -0.0196. The van der Waals surface area contributed by atoms with E-state index in [-0.39, 0.29) is 0 Å². The van der Waals surface area contributed by atoms with Gasteiger partial charge < -0.3 is 10.1 Å². The van der Waals surface area contributed by atoms with E-state index in [4.69, 9.17) is 4.74 Å². The van der Waals surface area contributed by atoms with Crippen molar-refractivity contribution in [1.29, 1.82) is 0 Å². The van der Waals surface area contributed by atoms with Gasteiger partial charge in [-0.2, -0.15) is 0 Å². The van der Waals surface area contributed by atoms with Crippen LogP contribution in [0.25, 0.3) is 0 Å². The minimum absolute atomic E-state index is 0.462. The topological polar surface area (TPSA) is 21.3 Å². The van der Waals surface area contributed by atoms with Gasteiger partial charge in [0, 0.05) is 12.6 Å². The van der Waals surface area contributed by atoms with Crippen molar-refractivity contribution in [1.82, 2.24) is 5.32 Å². The van der Waals surface area contributed by atoms with Crippen molar-refractivity contribution in [2.75, 3.05) is 13.2 Å². The van der Waals surface area contributed by atoms with Crippen molar-refractivity contribution >= 4 is 0 Å². The summed E-state index contributed by atoms with van der Waals surface area (Å²) < 4.78 is 6.19. The SMILES string of the molecule is CCNC(CCC1CC1)C(OCC)C1CCCCC1. The molecule has 0 aliphatic heterocycles. The van der Waals surface area contributed by atoms with Gasteiger partial charge in [-0.1, -0.05) is 39.0 Å². The predicted molar refractivity (Wildman–Crippen MR) is 81.4 cm³/mol. The van der Waals surface area contributed by atoms with Crippen molar-refractivity contribution in [2.45, 2.75) is 83.8 Å². The van der Waals surface area contributed by atoms with Gasteiger partial charge in [-0.3, -0.25) is 0 Å². The Bertz CT molecular complexity index is 233. The molecule has 2 fully saturated rings. The van der Waals surface area contributed by atoms with Crippen molar-refractivity contribution in [2.24, 2.45) is 11.8 Å². The van der Waals surface area contributed by atoms with Crippen LogP contribution < -0.4 is 5.32 Å². The molecule has 2 unspecified atom stereocenters. The Morgan fingerprint density at radius 3 is 2.37 bits per heavy atom. The second-order valence-corrected chi connectivity index (χ2v) is 6.50. The van der Waals surface area contributed by atoms with E-state index >= 15 is 0 Å². The van der Waals surface area contributed by atoms with Crippen LogP contribution in [0.4, 0.5) is 0 Å². The quantitative estimate of drug-likeness (QED) is 0.678. The van der Waals surface area contributed by atoms with Gasteiger partial charge in [-0.25, -0.2) is 0 Å². The molecule has 2 nitrogen and oxygen atoms in total. The summed E-state index contributed by atoms with van der Waals surface area (Å²) in [7, 11) is 0. The van der Waals surface area contributed by atoms with Gasteiger partial charge in [0.1, 0.15) is 0 Å². The summed E-state index contributed by atoms with van der Waals surface area (Å²) in [4.78, 5) is 0. The molecular weight excluding hydrogens is 234 g/mol. The molecule has 2 aliphatic rings. The first-order chi connectivity index (χ1) is 9.35. The molecule has 0 aromatic heterocycles. The molecule has 0 aromatic carbocycles. The molecule has 0 amide bonds. The summed E-state index contributed by atoms with van der Waals surface area (Å²) in [5.74, 6) is 1.84. The van der Waals surface area contributed by atoms with E-state index in [9.17, 15) is 0 Å². The Morgan fingerprint density at radius 1 is 1.05 bits per heavy atom. The molecule has 0 saturated heterocycles. The highest BCUT2D eigenvalue weighted by Gasteiger charge is 2.32. The lowest BCUT2D eigenvalue weighted by atomic mass is 9.81. The minimum Gasteiger partial charge on any atom is -0.377 e. The summed E-state index contributed by atoms with van der Waals surface area (Å²) in [6.07, 6.45) is 13.2. The molecule has 2 atom stereocenters. The van der Waals surface area contributed by atoms with Crippen molar-refractivity contribution in [3.05, 3.63) is 0 Å². The largest absolute Gasteiger partial charge is 0.377 e. The van der Waals surface area contributed by atoms with Crippen molar-refractivity contribution in [3.8, 4) is 0 Å². The monoisotopic (exact) mass is 267 g/mol. The lowest BCUT2D eigenvalue weighted by Crippen LogP contribution is -2.46. The summed E-state index contributed by atoms with van der Waals surface area (Å²) in [6.45, 7) is 6.33. The second-order valence-electron chi connectivity index (χ2n) is 6.50. The molecule has 0 spiro atoms. The van der Waals surface area contributed by atoms with Gasteiger partial charge in [0.05, 0.1) is 6.10 Å². The fourth-order valence-electron chi connectivity index (χ4n) is 3.70. The highest BCUT2D eigenvalue weighted by Crippen LogP contribution is 2.36. The summed E-state index contributed by atoms with van der Waals surface area (Å²) in [5.41, 5.74) is 0. The van der Waals surface area contributed by atoms with Gasteiger partial charge in [0.15, 0.2) is 0 Å². The fraction of sp³-hybridized carbons (Fsp3) is 1.00. The maximum atomic E-state index is 6.19. The maximum absolute atomic E-state index is 6.19. The fourth-order valence-corrected chi connectivity index (χ4v) is 3.70. The van der Waals surface area contributed by atoms with E-state index in [0.717, 1.165) is 25.0 Å². The first-order valence-electron chi connectivity index (χ1n) is 8.70. The third kappa shape index (κ3) is 5.07. The Kier molecular flexibility index (Phi) is 6.66. The van der Waals surface area contributed by atoms with E-state index in [1.807, 2.05) is 0 Å². The first-order valence-corrected chi connectivity index (χ1v) is 8.70. The van der Waals surface area contributed by atoms with E-state index in [1.165, 1.54) is 57.8 Å². The molecule has 2 saturated carbocycles. The van der Waals surface area contributed by atoms with Crippen molar-refractivity contribution in [3.63, 3.8) is 0 Å². The van der Waals surface area contributed by atoms with Crippen LogP contribution in [0.3, 0.4) is 0 Å². The zero-order valence-electron chi connectivity index (χ0n) is 13.0. The molecule has 19 heavy (non-hydrogen) atoms. The molecule has 0 bridgehead atoms. The number of ether oxygens (including phenoxy) is 1. The summed E-state index contributed by atoms with van der Waals surface area (Å²) in [6, 6.07) is 0.591. The molecule has 0 radical (unpaired) electrons. The van der Waals surface area contributed by atoms with Crippen LogP contribution in [0.2, 0.25) is 0 Å². The molecule has 2 heteroatoms. The molecule has 1 N–H and O–H groups in total. The van der Waals surface area contributed by atoms with E-state index in [2.05, 4.69) is 19.2 Å². The van der Waals surface area contributed by atoms with Crippen LogP contribution >= 0.6 is 0 Å². The third-order valence-electron chi connectivity index (χ3n) is 4.92. The van der Waals surface area contributed by atoms with Gasteiger partial charge >= 0.3 is 0 Å². The predicted octanol–water partition coefficient (Wildman–Crippen LogP) is 4.14. The third-order valence-corrected chi connectivity index (χ3v) is 4.92. The average Bonchev–Trinajstić information content (AvgIpc) is 3.26. The number of nitrogens with one attached hydrogen (secondary N) is 1. The van der Waals surface area contributed by atoms with Crippen LogP contribution in [0.5, 0.6) is 0 Å². The summed E-state index contributed by atoms with van der Waals surface area (Å²) in [5, 5.41) is 3.72. The number of likely N-dealkylation sites (N-methyl/N-ethyl adjacent to an activating group) is 1. The van der Waals surface area contributed by atoms with Crippen LogP contribution in [0.15, 0.2) is 0 Å². The Morgan fingerprint density at radius 2 is 1.79 bits per heavy atom. The minimum atomic E-state index is 0.462. The van der Waals surface area contributed by atoms with Crippen LogP contribution in [0.1, 0.15) is 71.6 Å².